The lowest BCUT2D eigenvalue weighted by molar-refractivity contribution is -0.386. The number of halogens is 1. The van der Waals surface area contributed by atoms with Crippen LogP contribution in [0.4, 0.5) is 5.69 Å². The quantitative estimate of drug-likeness (QED) is 0.677. The second kappa shape index (κ2) is 6.32. The molecule has 108 valence electrons. The van der Waals surface area contributed by atoms with Gasteiger partial charge in [0.2, 0.25) is 0 Å². The number of hydrogen-bond donors (Lipinski definition) is 1. The second-order valence-corrected chi connectivity index (χ2v) is 4.83. The van der Waals surface area contributed by atoms with Crippen molar-refractivity contribution >= 4 is 23.3 Å². The molecule has 0 fully saturated rings. The van der Waals surface area contributed by atoms with Crippen LogP contribution in [0.5, 0.6) is 0 Å². The lowest BCUT2D eigenvalue weighted by Crippen LogP contribution is -2.17. The van der Waals surface area contributed by atoms with E-state index < -0.39 is 16.8 Å². The number of hydrogen-bond acceptors (Lipinski definition) is 4. The van der Waals surface area contributed by atoms with Crippen LogP contribution in [0.2, 0.25) is 5.02 Å². The van der Waals surface area contributed by atoms with Crippen molar-refractivity contribution in [2.24, 2.45) is 0 Å². The van der Waals surface area contributed by atoms with Gasteiger partial charge in [-0.15, -0.1) is 0 Å². The Bertz CT molecular complexity index is 690. The molecule has 0 saturated carbocycles. The summed E-state index contributed by atoms with van der Waals surface area (Å²) in [6.07, 6.45) is 1.42. The first kappa shape index (κ1) is 14.9. The largest absolute Gasteiger partial charge is 0.481 e. The number of rotatable bonds is 5. The van der Waals surface area contributed by atoms with Crippen LogP contribution in [0, 0.1) is 10.1 Å². The van der Waals surface area contributed by atoms with Crippen molar-refractivity contribution in [1.82, 2.24) is 4.98 Å². The average Bonchev–Trinajstić information content (AvgIpc) is 2.44. The SMILES string of the molecule is O=C(O)C(Cc1cccc(Cl)c1)c1ncccc1[N+](=O)[O-]. The fourth-order valence-electron chi connectivity index (χ4n) is 2.03. The van der Waals surface area contributed by atoms with Crippen molar-refractivity contribution in [1.29, 1.82) is 0 Å². The number of aliphatic carboxylic acids is 1. The number of aromatic nitrogens is 1. The highest BCUT2D eigenvalue weighted by Crippen LogP contribution is 2.28. The first-order chi connectivity index (χ1) is 9.99. The Labute approximate surface area is 125 Å². The van der Waals surface area contributed by atoms with Crippen LogP contribution in [-0.4, -0.2) is 21.0 Å². The minimum Gasteiger partial charge on any atom is -0.481 e. The molecule has 0 amide bonds. The standard InChI is InChI=1S/C14H11ClN2O4/c15-10-4-1-3-9(7-10)8-11(14(18)19)13-12(17(20)21)5-2-6-16-13/h1-7,11H,8H2,(H,18,19). The number of benzene rings is 1. The van der Waals surface area contributed by atoms with Gasteiger partial charge in [-0.05, 0) is 30.2 Å². The molecule has 0 aliphatic carbocycles. The van der Waals surface area contributed by atoms with E-state index in [1.165, 1.54) is 18.3 Å². The fraction of sp³-hybridized carbons (Fsp3) is 0.143. The van der Waals surface area contributed by atoms with Crippen molar-refractivity contribution in [3.63, 3.8) is 0 Å². The van der Waals surface area contributed by atoms with Crippen LogP contribution >= 0.6 is 11.6 Å². The topological polar surface area (TPSA) is 93.3 Å². The molecule has 0 spiro atoms. The molecule has 6 nitrogen and oxygen atoms in total. The van der Waals surface area contributed by atoms with Gasteiger partial charge in [0.05, 0.1) is 4.92 Å². The molecule has 1 heterocycles. The summed E-state index contributed by atoms with van der Waals surface area (Å²) in [5.41, 5.74) is 0.316. The molecule has 1 atom stereocenters. The Morgan fingerprint density at radius 2 is 2.14 bits per heavy atom. The normalized spacial score (nSPS) is 11.9. The Morgan fingerprint density at radius 1 is 1.38 bits per heavy atom. The van der Waals surface area contributed by atoms with Gasteiger partial charge in [-0.3, -0.25) is 19.9 Å². The molecule has 1 unspecified atom stereocenters. The van der Waals surface area contributed by atoms with Gasteiger partial charge in [-0.25, -0.2) is 0 Å². The number of pyridine rings is 1. The monoisotopic (exact) mass is 306 g/mol. The molecule has 0 aliphatic heterocycles. The summed E-state index contributed by atoms with van der Waals surface area (Å²) in [7, 11) is 0. The zero-order valence-electron chi connectivity index (χ0n) is 10.8. The van der Waals surface area contributed by atoms with Gasteiger partial charge in [0, 0.05) is 17.3 Å². The van der Waals surface area contributed by atoms with E-state index in [9.17, 15) is 20.0 Å². The van der Waals surface area contributed by atoms with Crippen LogP contribution in [-0.2, 0) is 11.2 Å². The van der Waals surface area contributed by atoms with Gasteiger partial charge in [-0.1, -0.05) is 23.7 Å². The van der Waals surface area contributed by atoms with E-state index in [4.69, 9.17) is 11.6 Å². The molecule has 2 rings (SSSR count). The van der Waals surface area contributed by atoms with Crippen molar-refractivity contribution in [2.75, 3.05) is 0 Å². The number of nitrogens with zero attached hydrogens (tertiary/aromatic N) is 2. The maximum absolute atomic E-state index is 11.5. The van der Waals surface area contributed by atoms with E-state index in [0.29, 0.717) is 10.6 Å². The van der Waals surface area contributed by atoms with Gasteiger partial charge in [0.1, 0.15) is 11.6 Å². The molecule has 7 heteroatoms. The van der Waals surface area contributed by atoms with E-state index in [1.807, 2.05) is 0 Å². The van der Waals surface area contributed by atoms with E-state index in [-0.39, 0.29) is 17.8 Å². The number of carbonyl (C=O) groups is 1. The summed E-state index contributed by atoms with van der Waals surface area (Å²) in [6, 6.07) is 9.37. The summed E-state index contributed by atoms with van der Waals surface area (Å²) in [5.74, 6) is -2.28. The minimum absolute atomic E-state index is 0.0602. The van der Waals surface area contributed by atoms with Gasteiger partial charge >= 0.3 is 5.97 Å². The molecule has 0 bridgehead atoms. The van der Waals surface area contributed by atoms with Gasteiger partial charge in [0.25, 0.3) is 5.69 Å². The predicted molar refractivity (Wildman–Crippen MR) is 76.4 cm³/mol. The minimum atomic E-state index is -1.17. The van der Waals surface area contributed by atoms with Gasteiger partial charge < -0.3 is 5.11 Å². The summed E-state index contributed by atoms with van der Waals surface area (Å²) in [4.78, 5) is 25.7. The highest BCUT2D eigenvalue weighted by Gasteiger charge is 2.29. The number of carboxylic acid groups (broad SMARTS) is 1. The predicted octanol–water partition coefficient (Wildman–Crippen LogP) is 3.05. The average molecular weight is 307 g/mol. The van der Waals surface area contributed by atoms with Crippen LogP contribution in [0.15, 0.2) is 42.6 Å². The van der Waals surface area contributed by atoms with Crippen molar-refractivity contribution in [3.8, 4) is 0 Å². The Balaban J connectivity index is 2.41. The third-order valence-corrected chi connectivity index (χ3v) is 3.21. The van der Waals surface area contributed by atoms with Crippen LogP contribution in [0.25, 0.3) is 0 Å². The Kier molecular flexibility index (Phi) is 4.49. The maximum atomic E-state index is 11.5. The van der Waals surface area contributed by atoms with Gasteiger partial charge in [0.15, 0.2) is 0 Å². The maximum Gasteiger partial charge on any atom is 0.313 e. The smallest absolute Gasteiger partial charge is 0.313 e. The molecule has 1 N–H and O–H groups in total. The van der Waals surface area contributed by atoms with Crippen LogP contribution in [0.3, 0.4) is 0 Å². The van der Waals surface area contributed by atoms with E-state index in [1.54, 1.807) is 24.3 Å². The van der Waals surface area contributed by atoms with E-state index in [0.717, 1.165) is 0 Å². The summed E-state index contributed by atoms with van der Waals surface area (Å²) in [5, 5.41) is 20.9. The molecule has 0 radical (unpaired) electrons. The lowest BCUT2D eigenvalue weighted by Gasteiger charge is -2.12. The molecule has 0 saturated heterocycles. The Morgan fingerprint density at radius 3 is 2.76 bits per heavy atom. The zero-order chi connectivity index (χ0) is 15.4. The lowest BCUT2D eigenvalue weighted by atomic mass is 9.95. The number of nitro groups is 1. The summed E-state index contributed by atoms with van der Waals surface area (Å²) >= 11 is 5.86. The molecule has 21 heavy (non-hydrogen) atoms. The molecule has 0 aliphatic rings. The Hall–Kier alpha value is -2.47. The summed E-state index contributed by atoms with van der Waals surface area (Å²) < 4.78 is 0. The van der Waals surface area contributed by atoms with Crippen molar-refractivity contribution < 1.29 is 14.8 Å². The second-order valence-electron chi connectivity index (χ2n) is 4.39. The van der Waals surface area contributed by atoms with Crippen molar-refractivity contribution in [3.05, 3.63) is 69.0 Å². The van der Waals surface area contributed by atoms with E-state index >= 15 is 0 Å². The van der Waals surface area contributed by atoms with Crippen molar-refractivity contribution in [2.45, 2.75) is 12.3 Å². The zero-order valence-corrected chi connectivity index (χ0v) is 11.5. The molecule has 2 aromatic rings. The van der Waals surface area contributed by atoms with Gasteiger partial charge in [-0.2, -0.15) is 0 Å². The third-order valence-electron chi connectivity index (χ3n) is 2.97. The fourth-order valence-corrected chi connectivity index (χ4v) is 2.25. The first-order valence-corrected chi connectivity index (χ1v) is 6.43. The molecular formula is C14H11ClN2O4. The molecule has 1 aromatic heterocycles. The highest BCUT2D eigenvalue weighted by molar-refractivity contribution is 6.30. The molecular weight excluding hydrogens is 296 g/mol. The highest BCUT2D eigenvalue weighted by atomic mass is 35.5. The number of carboxylic acids is 1. The van der Waals surface area contributed by atoms with E-state index in [2.05, 4.69) is 4.98 Å². The third kappa shape index (κ3) is 3.55. The van der Waals surface area contributed by atoms with Crippen LogP contribution < -0.4 is 0 Å². The molecule has 1 aromatic carbocycles. The van der Waals surface area contributed by atoms with Crippen LogP contribution in [0.1, 0.15) is 17.2 Å². The first-order valence-electron chi connectivity index (χ1n) is 6.05. The summed E-state index contributed by atoms with van der Waals surface area (Å²) in [6.45, 7) is 0.